The van der Waals surface area contributed by atoms with Gasteiger partial charge in [0, 0.05) is 6.04 Å². The van der Waals surface area contributed by atoms with Crippen molar-refractivity contribution in [2.75, 3.05) is 0 Å². The van der Waals surface area contributed by atoms with Crippen molar-refractivity contribution in [1.29, 1.82) is 0 Å². The largest absolute Gasteiger partial charge is 0.480 e. The first-order chi connectivity index (χ1) is 7.30. The Labute approximate surface area is 91.4 Å². The molecule has 1 aromatic rings. The van der Waals surface area contributed by atoms with E-state index in [4.69, 9.17) is 5.73 Å². The topological polar surface area (TPSA) is 48.1 Å². The smallest absolute Gasteiger partial charge is 0.425 e. The summed E-state index contributed by atoms with van der Waals surface area (Å²) in [4.78, 5) is 3.90. The fourth-order valence-electron chi connectivity index (χ4n) is 1.00. The van der Waals surface area contributed by atoms with Crippen LogP contribution in [0.3, 0.4) is 0 Å². The zero-order chi connectivity index (χ0) is 12.3. The van der Waals surface area contributed by atoms with Crippen LogP contribution in [0.1, 0.15) is 25.6 Å². The summed E-state index contributed by atoms with van der Waals surface area (Å²) in [6, 6.07) is 2.71. The van der Waals surface area contributed by atoms with Crippen LogP contribution in [-0.2, 0) is 0 Å². The first-order valence-corrected chi connectivity index (χ1v) is 4.75. The van der Waals surface area contributed by atoms with E-state index in [9.17, 15) is 13.2 Å². The molecule has 0 aliphatic rings. The summed E-state index contributed by atoms with van der Waals surface area (Å²) in [6.45, 7) is 2.68. The third kappa shape index (κ3) is 3.37. The highest BCUT2D eigenvalue weighted by molar-refractivity contribution is 5.21. The lowest BCUT2D eigenvalue weighted by molar-refractivity contribution is -0.189. The summed E-state index contributed by atoms with van der Waals surface area (Å²) >= 11 is 0. The third-order valence-electron chi connectivity index (χ3n) is 2.00. The molecule has 0 aliphatic carbocycles. The molecule has 0 fully saturated rings. The van der Waals surface area contributed by atoms with Gasteiger partial charge in [0.1, 0.15) is 5.75 Å². The Hall–Kier alpha value is -1.30. The van der Waals surface area contributed by atoms with Crippen LogP contribution in [0, 0.1) is 0 Å². The van der Waals surface area contributed by atoms with Crippen molar-refractivity contribution in [3.8, 4) is 5.75 Å². The number of rotatable bonds is 3. The van der Waals surface area contributed by atoms with Gasteiger partial charge in [0.05, 0.1) is 11.9 Å². The molecule has 0 bridgehead atoms. The Morgan fingerprint density at radius 3 is 2.31 bits per heavy atom. The Bertz CT molecular complexity index is 335. The van der Waals surface area contributed by atoms with Crippen molar-refractivity contribution in [2.24, 2.45) is 5.73 Å². The maximum atomic E-state index is 12.2. The number of halogens is 3. The standard InChI is InChI=1S/C10H13F3N2O/c1-6(14)9-4-3-8(5-15-9)16-7(2)10(11,12)13/h3-7H,14H2,1-2H3/t6-,7?/m1/s1. The van der Waals surface area contributed by atoms with Crippen molar-refractivity contribution >= 4 is 0 Å². The van der Waals surface area contributed by atoms with Gasteiger partial charge in [-0.05, 0) is 26.0 Å². The van der Waals surface area contributed by atoms with Gasteiger partial charge in [-0.2, -0.15) is 13.2 Å². The van der Waals surface area contributed by atoms with Gasteiger partial charge in [0.25, 0.3) is 0 Å². The van der Waals surface area contributed by atoms with Crippen LogP contribution in [0.2, 0.25) is 0 Å². The Kier molecular flexibility index (Phi) is 3.74. The predicted octanol–water partition coefficient (Wildman–Crippen LogP) is 2.43. The van der Waals surface area contributed by atoms with Crippen LogP contribution in [0.15, 0.2) is 18.3 Å². The van der Waals surface area contributed by atoms with Crippen molar-refractivity contribution in [3.63, 3.8) is 0 Å². The van der Waals surface area contributed by atoms with Crippen LogP contribution in [0.25, 0.3) is 0 Å². The van der Waals surface area contributed by atoms with Crippen LogP contribution >= 0.6 is 0 Å². The second kappa shape index (κ2) is 4.69. The first kappa shape index (κ1) is 12.8. The normalized spacial score (nSPS) is 15.6. The summed E-state index contributed by atoms with van der Waals surface area (Å²) in [5, 5.41) is 0. The minimum Gasteiger partial charge on any atom is -0.480 e. The van der Waals surface area contributed by atoms with Crippen molar-refractivity contribution in [1.82, 2.24) is 4.98 Å². The summed E-state index contributed by atoms with van der Waals surface area (Å²) in [5.41, 5.74) is 6.15. The second-order valence-electron chi connectivity index (χ2n) is 3.51. The highest BCUT2D eigenvalue weighted by Crippen LogP contribution is 2.24. The van der Waals surface area contributed by atoms with Gasteiger partial charge in [0.2, 0.25) is 0 Å². The summed E-state index contributed by atoms with van der Waals surface area (Å²) in [6.07, 6.45) is -4.99. The fourth-order valence-corrected chi connectivity index (χ4v) is 1.00. The van der Waals surface area contributed by atoms with Crippen LogP contribution < -0.4 is 10.5 Å². The zero-order valence-corrected chi connectivity index (χ0v) is 8.95. The van der Waals surface area contributed by atoms with E-state index in [0.717, 1.165) is 6.92 Å². The fraction of sp³-hybridized carbons (Fsp3) is 0.500. The Balaban J connectivity index is 2.69. The molecule has 2 N–H and O–H groups in total. The van der Waals surface area contributed by atoms with Crippen LogP contribution in [-0.4, -0.2) is 17.3 Å². The number of pyridine rings is 1. The highest BCUT2D eigenvalue weighted by Gasteiger charge is 2.38. The van der Waals surface area contributed by atoms with Gasteiger partial charge in [-0.1, -0.05) is 0 Å². The van der Waals surface area contributed by atoms with Crippen LogP contribution in [0.4, 0.5) is 13.2 Å². The van der Waals surface area contributed by atoms with Gasteiger partial charge in [-0.3, -0.25) is 4.98 Å². The number of hydrogen-bond acceptors (Lipinski definition) is 3. The van der Waals surface area contributed by atoms with Crippen molar-refractivity contribution in [3.05, 3.63) is 24.0 Å². The van der Waals surface area contributed by atoms with E-state index in [1.165, 1.54) is 12.3 Å². The molecule has 0 radical (unpaired) electrons. The van der Waals surface area contributed by atoms with Gasteiger partial charge in [-0.15, -0.1) is 0 Å². The first-order valence-electron chi connectivity index (χ1n) is 4.75. The van der Waals surface area contributed by atoms with E-state index in [1.54, 1.807) is 13.0 Å². The minimum absolute atomic E-state index is 0.0780. The van der Waals surface area contributed by atoms with Crippen molar-refractivity contribution in [2.45, 2.75) is 32.2 Å². The molecule has 16 heavy (non-hydrogen) atoms. The van der Waals surface area contributed by atoms with E-state index in [-0.39, 0.29) is 11.8 Å². The maximum Gasteiger partial charge on any atom is 0.425 e. The molecule has 1 rings (SSSR count). The van der Waals surface area contributed by atoms with E-state index >= 15 is 0 Å². The lowest BCUT2D eigenvalue weighted by atomic mass is 10.2. The molecule has 0 aromatic carbocycles. The average molecular weight is 234 g/mol. The molecule has 6 heteroatoms. The summed E-state index contributed by atoms with van der Waals surface area (Å²) in [7, 11) is 0. The van der Waals surface area contributed by atoms with Gasteiger partial charge < -0.3 is 10.5 Å². The molecule has 3 nitrogen and oxygen atoms in total. The lowest BCUT2D eigenvalue weighted by Crippen LogP contribution is -2.31. The predicted molar refractivity (Wildman–Crippen MR) is 53.0 cm³/mol. The molecule has 0 saturated carbocycles. The maximum absolute atomic E-state index is 12.2. The number of nitrogens with two attached hydrogens (primary N) is 1. The van der Waals surface area contributed by atoms with Gasteiger partial charge in [-0.25, -0.2) is 0 Å². The molecule has 0 amide bonds. The Morgan fingerprint density at radius 2 is 1.94 bits per heavy atom. The van der Waals surface area contributed by atoms with Crippen LogP contribution in [0.5, 0.6) is 5.75 Å². The number of alkyl halides is 3. The molecule has 0 aliphatic heterocycles. The molecule has 1 aromatic heterocycles. The molecule has 1 unspecified atom stereocenters. The number of hydrogen-bond donors (Lipinski definition) is 1. The van der Waals surface area contributed by atoms with Gasteiger partial charge >= 0.3 is 6.18 Å². The molecular weight excluding hydrogens is 221 g/mol. The quantitative estimate of drug-likeness (QED) is 0.873. The molecule has 0 saturated heterocycles. The van der Waals surface area contributed by atoms with E-state index in [2.05, 4.69) is 9.72 Å². The highest BCUT2D eigenvalue weighted by atomic mass is 19.4. The zero-order valence-electron chi connectivity index (χ0n) is 8.95. The summed E-state index contributed by atoms with van der Waals surface area (Å²) < 4.78 is 41.2. The molecular formula is C10H13F3N2O. The monoisotopic (exact) mass is 234 g/mol. The summed E-state index contributed by atoms with van der Waals surface area (Å²) in [5.74, 6) is 0.0780. The number of ether oxygens (including phenoxy) is 1. The third-order valence-corrected chi connectivity index (χ3v) is 2.00. The Morgan fingerprint density at radius 1 is 1.31 bits per heavy atom. The second-order valence-corrected chi connectivity index (χ2v) is 3.51. The molecule has 0 spiro atoms. The van der Waals surface area contributed by atoms with E-state index in [1.807, 2.05) is 0 Å². The number of nitrogens with zero attached hydrogens (tertiary/aromatic N) is 1. The van der Waals surface area contributed by atoms with Crippen molar-refractivity contribution < 1.29 is 17.9 Å². The molecule has 2 atom stereocenters. The minimum atomic E-state index is -4.38. The average Bonchev–Trinajstić information content (AvgIpc) is 2.17. The number of aromatic nitrogens is 1. The van der Waals surface area contributed by atoms with Gasteiger partial charge in [0.15, 0.2) is 6.10 Å². The SMILES string of the molecule is CC(Oc1ccc([C@@H](C)N)nc1)C(F)(F)F. The van der Waals surface area contributed by atoms with E-state index in [0.29, 0.717) is 5.69 Å². The van der Waals surface area contributed by atoms with E-state index < -0.39 is 12.3 Å². The lowest BCUT2D eigenvalue weighted by Gasteiger charge is -2.17. The molecule has 90 valence electrons. The molecule has 1 heterocycles.